The Morgan fingerprint density at radius 3 is 2.27 bits per heavy atom. The molecule has 0 N–H and O–H groups in total. The standard InChI is InChI=1S/C14H27B/c1-2-13-6-3-7-14-8-4-10-15(12-13)11-5-9-14/h13-14H,2-12H2,1H3. The topological polar surface area (TPSA) is 0 Å². The van der Waals surface area contributed by atoms with Gasteiger partial charge < -0.3 is 0 Å². The van der Waals surface area contributed by atoms with Gasteiger partial charge in [0.15, 0.2) is 0 Å². The van der Waals surface area contributed by atoms with Crippen LogP contribution in [0.4, 0.5) is 0 Å². The number of hydrogen-bond acceptors (Lipinski definition) is 0. The summed E-state index contributed by atoms with van der Waals surface area (Å²) in [6, 6.07) is 0. The third-order valence-corrected chi connectivity index (χ3v) is 4.92. The van der Waals surface area contributed by atoms with E-state index in [0.29, 0.717) is 0 Å². The van der Waals surface area contributed by atoms with E-state index < -0.39 is 0 Å². The fraction of sp³-hybridized carbons (Fsp3) is 1.00. The van der Waals surface area contributed by atoms with Crippen LogP contribution < -0.4 is 0 Å². The molecule has 3 aliphatic heterocycles. The largest absolute Gasteiger partial charge is 0.140 e. The zero-order chi connectivity index (χ0) is 10.5. The first-order chi connectivity index (χ1) is 7.38. The summed E-state index contributed by atoms with van der Waals surface area (Å²) >= 11 is 0. The highest BCUT2D eigenvalue weighted by molar-refractivity contribution is 6.58. The Morgan fingerprint density at radius 2 is 1.60 bits per heavy atom. The quantitative estimate of drug-likeness (QED) is 0.536. The van der Waals surface area contributed by atoms with Crippen molar-refractivity contribution in [2.24, 2.45) is 11.8 Å². The van der Waals surface area contributed by atoms with E-state index in [1.807, 2.05) is 0 Å². The lowest BCUT2D eigenvalue weighted by Crippen LogP contribution is -2.21. The van der Waals surface area contributed by atoms with Crippen LogP contribution in [0.2, 0.25) is 19.0 Å². The maximum atomic E-state index is 2.40. The minimum absolute atomic E-state index is 1.06. The Kier molecular flexibility index (Phi) is 4.59. The van der Waals surface area contributed by atoms with Gasteiger partial charge in [0.2, 0.25) is 0 Å². The highest BCUT2D eigenvalue weighted by Crippen LogP contribution is 2.33. The average Bonchev–Trinajstić information content (AvgIpc) is 2.24. The molecule has 0 radical (unpaired) electrons. The van der Waals surface area contributed by atoms with Gasteiger partial charge in [-0.05, 0) is 11.8 Å². The van der Waals surface area contributed by atoms with Crippen LogP contribution in [-0.4, -0.2) is 6.71 Å². The second-order valence-electron chi connectivity index (χ2n) is 6.03. The fourth-order valence-corrected chi connectivity index (χ4v) is 3.86. The maximum absolute atomic E-state index is 2.40. The first kappa shape index (κ1) is 11.5. The third-order valence-electron chi connectivity index (χ3n) is 4.92. The molecule has 0 amide bonds. The Labute approximate surface area is 96.3 Å². The van der Waals surface area contributed by atoms with Crippen LogP contribution in [0.5, 0.6) is 0 Å². The predicted octanol–water partition coefficient (Wildman–Crippen LogP) is 4.88. The van der Waals surface area contributed by atoms with Crippen LogP contribution in [0.3, 0.4) is 0 Å². The van der Waals surface area contributed by atoms with Crippen molar-refractivity contribution in [2.75, 3.05) is 0 Å². The van der Waals surface area contributed by atoms with Crippen molar-refractivity contribution < 1.29 is 0 Å². The van der Waals surface area contributed by atoms with Gasteiger partial charge in [-0.15, -0.1) is 0 Å². The minimum atomic E-state index is 1.06. The molecular formula is C14H27B. The minimum Gasteiger partial charge on any atom is -0.0741 e. The van der Waals surface area contributed by atoms with Gasteiger partial charge in [-0.2, -0.15) is 0 Å². The lowest BCUT2D eigenvalue weighted by molar-refractivity contribution is 0.358. The SMILES string of the molecule is CCC1CCCC2CCCB(CCC2)C1. The van der Waals surface area contributed by atoms with Gasteiger partial charge in [-0.25, -0.2) is 0 Å². The fourth-order valence-electron chi connectivity index (χ4n) is 3.86. The zero-order valence-corrected chi connectivity index (χ0v) is 10.5. The van der Waals surface area contributed by atoms with Crippen molar-refractivity contribution in [3.63, 3.8) is 0 Å². The highest BCUT2D eigenvalue weighted by Gasteiger charge is 2.24. The van der Waals surface area contributed by atoms with Gasteiger partial charge in [0.05, 0.1) is 0 Å². The highest BCUT2D eigenvalue weighted by atomic mass is 14.2. The van der Waals surface area contributed by atoms with E-state index in [1.54, 1.807) is 38.2 Å². The average molecular weight is 206 g/mol. The van der Waals surface area contributed by atoms with Crippen molar-refractivity contribution in [3.05, 3.63) is 0 Å². The Morgan fingerprint density at radius 1 is 0.933 bits per heavy atom. The molecular weight excluding hydrogens is 179 g/mol. The first-order valence-electron chi connectivity index (χ1n) is 7.38. The van der Waals surface area contributed by atoms with Crippen molar-refractivity contribution in [2.45, 2.75) is 77.3 Å². The van der Waals surface area contributed by atoms with Crippen molar-refractivity contribution in [1.82, 2.24) is 0 Å². The van der Waals surface area contributed by atoms with E-state index in [2.05, 4.69) is 6.92 Å². The van der Waals surface area contributed by atoms with Crippen molar-refractivity contribution in [3.8, 4) is 0 Å². The van der Waals surface area contributed by atoms with E-state index >= 15 is 0 Å². The van der Waals surface area contributed by atoms with Crippen LogP contribution >= 0.6 is 0 Å². The molecule has 3 rings (SSSR count). The second-order valence-corrected chi connectivity index (χ2v) is 6.03. The molecule has 2 bridgehead atoms. The number of fused-ring (bicyclic) bond motifs is 8. The van der Waals surface area contributed by atoms with E-state index in [9.17, 15) is 0 Å². The molecule has 1 unspecified atom stereocenters. The lowest BCUT2D eigenvalue weighted by atomic mass is 9.38. The summed E-state index contributed by atoms with van der Waals surface area (Å²) in [4.78, 5) is 0. The number of rotatable bonds is 1. The van der Waals surface area contributed by atoms with E-state index in [0.717, 1.165) is 18.5 Å². The van der Waals surface area contributed by atoms with E-state index in [4.69, 9.17) is 0 Å². The van der Waals surface area contributed by atoms with Crippen molar-refractivity contribution >= 4 is 6.71 Å². The molecule has 0 spiro atoms. The molecule has 86 valence electrons. The maximum Gasteiger partial charge on any atom is 0.140 e. The van der Waals surface area contributed by atoms with Gasteiger partial charge >= 0.3 is 0 Å². The monoisotopic (exact) mass is 206 g/mol. The lowest BCUT2D eigenvalue weighted by Gasteiger charge is -2.28. The number of hydrogen-bond donors (Lipinski definition) is 0. The molecule has 0 aromatic heterocycles. The van der Waals surface area contributed by atoms with Crippen LogP contribution in [0.25, 0.3) is 0 Å². The molecule has 0 aromatic rings. The summed E-state index contributed by atoms with van der Waals surface area (Å²) in [5, 5.41) is 0. The summed E-state index contributed by atoms with van der Waals surface area (Å²) in [7, 11) is 0. The Balaban J connectivity index is 1.96. The molecule has 1 atom stereocenters. The van der Waals surface area contributed by atoms with Gasteiger partial charge in [-0.3, -0.25) is 0 Å². The molecule has 3 aliphatic rings. The third kappa shape index (κ3) is 3.54. The summed E-state index contributed by atoms with van der Waals surface area (Å²) in [6.07, 6.45) is 16.8. The normalized spacial score (nSPS) is 33.8. The van der Waals surface area contributed by atoms with Crippen LogP contribution in [-0.2, 0) is 0 Å². The van der Waals surface area contributed by atoms with Gasteiger partial charge in [0.1, 0.15) is 6.71 Å². The zero-order valence-electron chi connectivity index (χ0n) is 10.5. The van der Waals surface area contributed by atoms with Gasteiger partial charge in [0, 0.05) is 0 Å². The summed E-state index contributed by atoms with van der Waals surface area (Å²) in [5.74, 6) is 2.16. The molecule has 0 aromatic carbocycles. The Bertz CT molecular complexity index is 168. The van der Waals surface area contributed by atoms with E-state index in [1.165, 1.54) is 32.1 Å². The molecule has 0 aliphatic carbocycles. The summed E-state index contributed by atoms with van der Waals surface area (Å²) < 4.78 is 0. The van der Waals surface area contributed by atoms with Crippen LogP contribution in [0, 0.1) is 11.8 Å². The molecule has 0 nitrogen and oxygen atoms in total. The van der Waals surface area contributed by atoms with Gasteiger partial charge in [-0.1, -0.05) is 77.3 Å². The van der Waals surface area contributed by atoms with Crippen molar-refractivity contribution in [1.29, 1.82) is 0 Å². The second kappa shape index (κ2) is 5.96. The van der Waals surface area contributed by atoms with E-state index in [-0.39, 0.29) is 0 Å². The summed E-state index contributed by atoms with van der Waals surface area (Å²) in [6.45, 7) is 3.49. The summed E-state index contributed by atoms with van der Waals surface area (Å²) in [5.41, 5.74) is 0. The molecule has 15 heavy (non-hydrogen) atoms. The smallest absolute Gasteiger partial charge is 0.0741 e. The van der Waals surface area contributed by atoms with Crippen LogP contribution in [0.1, 0.15) is 58.3 Å². The molecule has 3 saturated heterocycles. The molecule has 1 heteroatoms. The molecule has 0 saturated carbocycles. The van der Waals surface area contributed by atoms with Gasteiger partial charge in [0.25, 0.3) is 0 Å². The Hall–Kier alpha value is 0.0649. The predicted molar refractivity (Wildman–Crippen MR) is 69.8 cm³/mol. The molecule has 3 heterocycles. The first-order valence-corrected chi connectivity index (χ1v) is 7.38. The van der Waals surface area contributed by atoms with Crippen LogP contribution in [0.15, 0.2) is 0 Å². The molecule has 3 fully saturated rings.